The summed E-state index contributed by atoms with van der Waals surface area (Å²) in [4.78, 5) is 17.5. The lowest BCUT2D eigenvalue weighted by molar-refractivity contribution is 0.0957. The number of rotatable bonds is 9. The third-order valence-electron chi connectivity index (χ3n) is 4.39. The minimum Gasteiger partial charge on any atom is -0.351 e. The molecule has 26 heavy (non-hydrogen) atoms. The summed E-state index contributed by atoms with van der Waals surface area (Å²) in [5.41, 5.74) is 2.32. The normalized spacial score (nSPS) is 11.3. The molecule has 0 bridgehead atoms. The van der Waals surface area contributed by atoms with Gasteiger partial charge in [0.1, 0.15) is 5.82 Å². The molecule has 3 rings (SSSR count). The van der Waals surface area contributed by atoms with E-state index < -0.39 is 0 Å². The maximum Gasteiger partial charge on any atom is 0.261 e. The number of nitrogens with zero attached hydrogens (tertiary/aromatic N) is 2. The Bertz CT molecular complexity index is 836. The van der Waals surface area contributed by atoms with Crippen LogP contribution in [-0.2, 0) is 13.0 Å². The highest BCUT2D eigenvalue weighted by Crippen LogP contribution is 2.19. The largest absolute Gasteiger partial charge is 0.351 e. The lowest BCUT2D eigenvalue weighted by atomic mass is 10.1. The number of carbonyl (C=O) groups is 1. The number of fused-ring (bicyclic) bond motifs is 1. The molecule has 0 aliphatic heterocycles. The molecule has 4 nitrogen and oxygen atoms in total. The Balaban J connectivity index is 1.48. The molecular weight excluding hydrogens is 342 g/mol. The monoisotopic (exact) mass is 369 g/mol. The Morgan fingerprint density at radius 2 is 2.00 bits per heavy atom. The number of benzene rings is 1. The van der Waals surface area contributed by atoms with Crippen LogP contribution in [0.25, 0.3) is 11.0 Å². The van der Waals surface area contributed by atoms with E-state index in [1.807, 2.05) is 17.5 Å². The minimum absolute atomic E-state index is 0.0405. The van der Waals surface area contributed by atoms with Crippen LogP contribution in [0.5, 0.6) is 0 Å². The molecule has 0 atom stereocenters. The molecule has 0 radical (unpaired) electrons. The number of hydrogen-bond acceptors (Lipinski definition) is 3. The van der Waals surface area contributed by atoms with Gasteiger partial charge in [-0.2, -0.15) is 0 Å². The second-order valence-corrected chi connectivity index (χ2v) is 8.01. The van der Waals surface area contributed by atoms with Crippen LogP contribution in [0.15, 0.2) is 41.8 Å². The predicted molar refractivity (Wildman–Crippen MR) is 109 cm³/mol. The summed E-state index contributed by atoms with van der Waals surface area (Å²) in [6, 6.07) is 12.2. The van der Waals surface area contributed by atoms with Gasteiger partial charge in [0.25, 0.3) is 5.91 Å². The molecule has 0 unspecified atom stereocenters. The Morgan fingerprint density at radius 1 is 1.15 bits per heavy atom. The van der Waals surface area contributed by atoms with Gasteiger partial charge in [-0.1, -0.05) is 38.5 Å². The van der Waals surface area contributed by atoms with Crippen molar-refractivity contribution >= 4 is 28.3 Å². The van der Waals surface area contributed by atoms with Gasteiger partial charge < -0.3 is 9.88 Å². The van der Waals surface area contributed by atoms with Crippen molar-refractivity contribution < 1.29 is 4.79 Å². The first-order valence-electron chi connectivity index (χ1n) is 9.41. The first-order chi connectivity index (χ1) is 12.6. The fourth-order valence-electron chi connectivity index (χ4n) is 3.17. The topological polar surface area (TPSA) is 46.9 Å². The van der Waals surface area contributed by atoms with E-state index in [-0.39, 0.29) is 5.91 Å². The van der Waals surface area contributed by atoms with Crippen LogP contribution >= 0.6 is 11.3 Å². The van der Waals surface area contributed by atoms with Gasteiger partial charge in [0.05, 0.1) is 15.9 Å². The third kappa shape index (κ3) is 4.73. The lowest BCUT2D eigenvalue weighted by Crippen LogP contribution is -2.23. The van der Waals surface area contributed by atoms with Gasteiger partial charge in [-0.05, 0) is 42.3 Å². The molecule has 0 spiro atoms. The lowest BCUT2D eigenvalue weighted by Gasteiger charge is -2.11. The predicted octanol–water partition coefficient (Wildman–Crippen LogP) is 4.90. The SMILES string of the molecule is CC(C)Cn1c(CCCCCNC(=O)c2cccs2)nc2ccccc21. The zero-order valence-corrected chi connectivity index (χ0v) is 16.4. The second-order valence-electron chi connectivity index (χ2n) is 7.07. The van der Waals surface area contributed by atoms with Gasteiger partial charge in [0, 0.05) is 19.5 Å². The molecule has 2 heterocycles. The molecule has 1 aromatic carbocycles. The third-order valence-corrected chi connectivity index (χ3v) is 5.26. The number of aryl methyl sites for hydroxylation is 1. The van der Waals surface area contributed by atoms with E-state index in [4.69, 9.17) is 4.98 Å². The van der Waals surface area contributed by atoms with Gasteiger partial charge in [0.2, 0.25) is 0 Å². The van der Waals surface area contributed by atoms with Gasteiger partial charge >= 0.3 is 0 Å². The maximum atomic E-state index is 11.9. The van der Waals surface area contributed by atoms with Crippen LogP contribution in [0, 0.1) is 5.92 Å². The molecule has 0 fully saturated rings. The number of unbranched alkanes of at least 4 members (excludes halogenated alkanes) is 2. The number of para-hydroxylation sites is 2. The van der Waals surface area contributed by atoms with Crippen LogP contribution in [0.4, 0.5) is 0 Å². The molecular formula is C21H27N3OS. The molecule has 138 valence electrons. The number of carbonyl (C=O) groups excluding carboxylic acids is 1. The number of aromatic nitrogens is 2. The summed E-state index contributed by atoms with van der Waals surface area (Å²) in [7, 11) is 0. The van der Waals surface area contributed by atoms with Crippen molar-refractivity contribution in [2.75, 3.05) is 6.54 Å². The zero-order chi connectivity index (χ0) is 18.4. The average molecular weight is 370 g/mol. The molecule has 0 aliphatic carbocycles. The number of imidazole rings is 1. The quantitative estimate of drug-likeness (QED) is 0.546. The average Bonchev–Trinajstić information content (AvgIpc) is 3.26. The first kappa shape index (κ1) is 18.6. The van der Waals surface area contributed by atoms with Crippen molar-refractivity contribution in [2.24, 2.45) is 5.92 Å². The second kappa shape index (κ2) is 8.99. The van der Waals surface area contributed by atoms with E-state index in [0.29, 0.717) is 5.92 Å². The molecule has 0 saturated carbocycles. The molecule has 0 aliphatic rings. The van der Waals surface area contributed by atoms with Gasteiger partial charge in [-0.15, -0.1) is 11.3 Å². The van der Waals surface area contributed by atoms with Crippen molar-refractivity contribution in [3.8, 4) is 0 Å². The summed E-state index contributed by atoms with van der Waals surface area (Å²) < 4.78 is 2.37. The highest BCUT2D eigenvalue weighted by atomic mass is 32.1. The molecule has 1 N–H and O–H groups in total. The Labute approximate surface area is 159 Å². The standard InChI is InChI=1S/C21H27N3OS/c1-16(2)15-24-18-10-6-5-9-17(18)23-20(24)12-4-3-7-13-22-21(25)19-11-8-14-26-19/h5-6,8-11,14,16H,3-4,7,12-13,15H2,1-2H3,(H,22,25). The summed E-state index contributed by atoms with van der Waals surface area (Å²) in [6.07, 6.45) is 4.17. The Kier molecular flexibility index (Phi) is 6.45. The highest BCUT2D eigenvalue weighted by Gasteiger charge is 2.11. The van der Waals surface area contributed by atoms with E-state index in [0.717, 1.165) is 49.2 Å². The zero-order valence-electron chi connectivity index (χ0n) is 15.6. The summed E-state index contributed by atoms with van der Waals surface area (Å²) in [5, 5.41) is 4.92. The number of nitrogens with one attached hydrogen (secondary N) is 1. The van der Waals surface area contributed by atoms with E-state index in [1.165, 1.54) is 22.7 Å². The van der Waals surface area contributed by atoms with Crippen LogP contribution in [-0.4, -0.2) is 22.0 Å². The Morgan fingerprint density at radius 3 is 2.77 bits per heavy atom. The van der Waals surface area contributed by atoms with Crippen LogP contribution < -0.4 is 5.32 Å². The van der Waals surface area contributed by atoms with Crippen molar-refractivity contribution in [1.29, 1.82) is 0 Å². The van der Waals surface area contributed by atoms with E-state index in [1.54, 1.807) is 0 Å². The Hall–Kier alpha value is -2.14. The van der Waals surface area contributed by atoms with Crippen LogP contribution in [0.2, 0.25) is 0 Å². The fraction of sp³-hybridized carbons (Fsp3) is 0.429. The number of amides is 1. The van der Waals surface area contributed by atoms with Gasteiger partial charge in [-0.3, -0.25) is 4.79 Å². The smallest absolute Gasteiger partial charge is 0.261 e. The van der Waals surface area contributed by atoms with E-state index in [9.17, 15) is 4.79 Å². The summed E-state index contributed by atoms with van der Waals surface area (Å²) in [5.74, 6) is 1.82. The van der Waals surface area contributed by atoms with E-state index >= 15 is 0 Å². The molecule has 3 aromatic rings. The molecule has 5 heteroatoms. The molecule has 1 amide bonds. The van der Waals surface area contributed by atoms with Crippen molar-refractivity contribution in [1.82, 2.24) is 14.9 Å². The van der Waals surface area contributed by atoms with Gasteiger partial charge in [-0.25, -0.2) is 4.98 Å². The summed E-state index contributed by atoms with van der Waals surface area (Å²) in [6.45, 7) is 6.23. The van der Waals surface area contributed by atoms with Crippen molar-refractivity contribution in [3.05, 3.63) is 52.5 Å². The first-order valence-corrected chi connectivity index (χ1v) is 10.3. The number of thiophene rings is 1. The van der Waals surface area contributed by atoms with Gasteiger partial charge in [0.15, 0.2) is 0 Å². The molecule has 2 aromatic heterocycles. The van der Waals surface area contributed by atoms with Crippen LogP contribution in [0.3, 0.4) is 0 Å². The van der Waals surface area contributed by atoms with Crippen molar-refractivity contribution in [2.45, 2.75) is 46.1 Å². The minimum atomic E-state index is 0.0405. The number of hydrogen-bond donors (Lipinski definition) is 1. The van der Waals surface area contributed by atoms with E-state index in [2.05, 4.69) is 48.0 Å². The summed E-state index contributed by atoms with van der Waals surface area (Å²) >= 11 is 1.48. The molecule has 0 saturated heterocycles. The van der Waals surface area contributed by atoms with Crippen LogP contribution in [0.1, 0.15) is 48.6 Å². The van der Waals surface area contributed by atoms with Crippen molar-refractivity contribution in [3.63, 3.8) is 0 Å². The highest BCUT2D eigenvalue weighted by molar-refractivity contribution is 7.12. The fourth-order valence-corrected chi connectivity index (χ4v) is 3.81. The maximum absolute atomic E-state index is 11.9.